The fourth-order valence-corrected chi connectivity index (χ4v) is 3.91. The minimum Gasteiger partial charge on any atom is -0.312 e. The van der Waals surface area contributed by atoms with Crippen molar-refractivity contribution in [2.45, 2.75) is 64.6 Å². The third kappa shape index (κ3) is 3.07. The summed E-state index contributed by atoms with van der Waals surface area (Å²) in [5, 5.41) is 3.49. The number of fused-ring (bicyclic) bond motifs is 1. The van der Waals surface area contributed by atoms with E-state index in [2.05, 4.69) is 35.3 Å². The average molecular weight is 272 g/mol. The van der Waals surface area contributed by atoms with Crippen LogP contribution in [0.25, 0.3) is 0 Å². The smallest absolute Gasteiger partial charge is 0.0239 e. The van der Waals surface area contributed by atoms with Crippen LogP contribution in [-0.2, 0) is 19.5 Å². The lowest BCUT2D eigenvalue weighted by molar-refractivity contribution is 0.131. The van der Waals surface area contributed by atoms with Gasteiger partial charge in [0.25, 0.3) is 0 Å². The molecular formula is C18H28N2. The van der Waals surface area contributed by atoms with Crippen molar-refractivity contribution >= 4 is 0 Å². The summed E-state index contributed by atoms with van der Waals surface area (Å²) < 4.78 is 0. The Bertz CT molecular complexity index is 439. The Morgan fingerprint density at radius 3 is 3.15 bits per heavy atom. The highest BCUT2D eigenvalue weighted by Gasteiger charge is 2.23. The number of nitrogens with zero attached hydrogens (tertiary/aromatic N) is 1. The predicted octanol–water partition coefficient (Wildman–Crippen LogP) is 3.49. The van der Waals surface area contributed by atoms with Gasteiger partial charge in [-0.2, -0.15) is 0 Å². The van der Waals surface area contributed by atoms with Crippen molar-refractivity contribution < 1.29 is 0 Å². The van der Waals surface area contributed by atoms with Gasteiger partial charge in [0.15, 0.2) is 0 Å². The molecule has 20 heavy (non-hydrogen) atoms. The van der Waals surface area contributed by atoms with Crippen LogP contribution in [0.4, 0.5) is 0 Å². The van der Waals surface area contributed by atoms with Gasteiger partial charge in [-0.1, -0.05) is 38.0 Å². The zero-order valence-electron chi connectivity index (χ0n) is 12.8. The molecule has 1 fully saturated rings. The van der Waals surface area contributed by atoms with Crippen LogP contribution in [0.15, 0.2) is 18.2 Å². The molecule has 110 valence electrons. The summed E-state index contributed by atoms with van der Waals surface area (Å²) in [4.78, 5) is 2.75. The molecule has 1 saturated heterocycles. The van der Waals surface area contributed by atoms with Crippen molar-refractivity contribution in [1.82, 2.24) is 10.2 Å². The van der Waals surface area contributed by atoms with E-state index >= 15 is 0 Å². The lowest BCUT2D eigenvalue weighted by atomic mass is 9.93. The van der Waals surface area contributed by atoms with Crippen LogP contribution >= 0.6 is 0 Å². The molecule has 0 aromatic heterocycles. The molecule has 0 saturated carbocycles. The van der Waals surface area contributed by atoms with Gasteiger partial charge in [0.05, 0.1) is 0 Å². The Kier molecular flexibility index (Phi) is 4.74. The van der Waals surface area contributed by atoms with E-state index < -0.39 is 0 Å². The van der Waals surface area contributed by atoms with Crippen LogP contribution < -0.4 is 5.32 Å². The Balaban J connectivity index is 1.76. The maximum absolute atomic E-state index is 3.49. The Hall–Kier alpha value is -0.860. The molecule has 1 aromatic rings. The molecule has 1 N–H and O–H groups in total. The SMILES string of the molecule is CCCC1CCCCN1Cc1cccc2c1CCNC2. The minimum absolute atomic E-state index is 0.825. The standard InChI is InChI=1S/C18H28N2/c1-2-6-17-9-3-4-12-20(17)14-16-8-5-7-15-13-19-11-10-18(15)16/h5,7-8,17,19H,2-4,6,9-14H2,1H3. The Labute approximate surface area is 123 Å². The number of nitrogens with one attached hydrogen (secondary N) is 1. The van der Waals surface area contributed by atoms with Crippen molar-refractivity contribution in [2.75, 3.05) is 13.1 Å². The molecule has 0 spiro atoms. The van der Waals surface area contributed by atoms with Gasteiger partial charge in [-0.25, -0.2) is 0 Å². The average Bonchev–Trinajstić information content (AvgIpc) is 2.50. The lowest BCUT2D eigenvalue weighted by Crippen LogP contribution is -2.39. The molecular weight excluding hydrogens is 244 g/mol. The van der Waals surface area contributed by atoms with Gasteiger partial charge in [-0.3, -0.25) is 4.90 Å². The summed E-state index contributed by atoms with van der Waals surface area (Å²) in [5.41, 5.74) is 4.75. The van der Waals surface area contributed by atoms with E-state index in [1.54, 1.807) is 11.1 Å². The molecule has 0 amide bonds. The van der Waals surface area contributed by atoms with Gasteiger partial charge in [0.2, 0.25) is 0 Å². The highest BCUT2D eigenvalue weighted by Crippen LogP contribution is 2.26. The topological polar surface area (TPSA) is 15.3 Å². The van der Waals surface area contributed by atoms with E-state index in [4.69, 9.17) is 0 Å². The number of hydrogen-bond acceptors (Lipinski definition) is 2. The molecule has 0 aliphatic carbocycles. The zero-order chi connectivity index (χ0) is 13.8. The number of rotatable bonds is 4. The minimum atomic E-state index is 0.825. The normalized spacial score (nSPS) is 23.6. The molecule has 0 bridgehead atoms. The molecule has 2 aliphatic heterocycles. The summed E-state index contributed by atoms with van der Waals surface area (Å²) in [5.74, 6) is 0. The van der Waals surface area contributed by atoms with Crippen molar-refractivity contribution in [2.24, 2.45) is 0 Å². The Morgan fingerprint density at radius 1 is 1.30 bits per heavy atom. The molecule has 2 heterocycles. The first-order chi connectivity index (χ1) is 9.88. The van der Waals surface area contributed by atoms with Gasteiger partial charge < -0.3 is 5.32 Å². The van der Waals surface area contributed by atoms with Gasteiger partial charge in [0, 0.05) is 19.1 Å². The molecule has 1 atom stereocenters. The maximum atomic E-state index is 3.49. The van der Waals surface area contributed by atoms with Crippen molar-refractivity contribution in [3.05, 3.63) is 34.9 Å². The molecule has 2 nitrogen and oxygen atoms in total. The zero-order valence-corrected chi connectivity index (χ0v) is 12.8. The van der Waals surface area contributed by atoms with Crippen molar-refractivity contribution in [3.63, 3.8) is 0 Å². The van der Waals surface area contributed by atoms with Crippen LogP contribution in [-0.4, -0.2) is 24.0 Å². The number of piperidine rings is 1. The molecule has 0 radical (unpaired) electrons. The van der Waals surface area contributed by atoms with Crippen molar-refractivity contribution in [3.8, 4) is 0 Å². The monoisotopic (exact) mass is 272 g/mol. The van der Waals surface area contributed by atoms with Gasteiger partial charge in [0.1, 0.15) is 0 Å². The van der Waals surface area contributed by atoms with E-state index in [0.29, 0.717) is 0 Å². The third-order valence-electron chi connectivity index (χ3n) is 4.98. The van der Waals surface area contributed by atoms with E-state index in [1.807, 2.05) is 0 Å². The lowest BCUT2D eigenvalue weighted by Gasteiger charge is -2.36. The summed E-state index contributed by atoms with van der Waals surface area (Å²) >= 11 is 0. The molecule has 2 aliphatic rings. The number of likely N-dealkylation sites (tertiary alicyclic amines) is 1. The summed E-state index contributed by atoms with van der Waals surface area (Å²) in [6.45, 7) is 6.99. The quantitative estimate of drug-likeness (QED) is 0.902. The van der Waals surface area contributed by atoms with Crippen LogP contribution in [0, 0.1) is 0 Å². The first-order valence-electron chi connectivity index (χ1n) is 8.43. The third-order valence-corrected chi connectivity index (χ3v) is 4.98. The summed E-state index contributed by atoms with van der Waals surface area (Å²) in [6, 6.07) is 7.73. The molecule has 2 heteroatoms. The van der Waals surface area contributed by atoms with E-state index in [0.717, 1.165) is 19.1 Å². The van der Waals surface area contributed by atoms with E-state index in [1.165, 1.54) is 57.2 Å². The summed E-state index contributed by atoms with van der Waals surface area (Å²) in [6.07, 6.45) is 8.12. The maximum Gasteiger partial charge on any atom is 0.0239 e. The van der Waals surface area contributed by atoms with Gasteiger partial charge >= 0.3 is 0 Å². The van der Waals surface area contributed by atoms with Crippen LogP contribution in [0.3, 0.4) is 0 Å². The largest absolute Gasteiger partial charge is 0.312 e. The molecule has 1 aromatic carbocycles. The van der Waals surface area contributed by atoms with E-state index in [9.17, 15) is 0 Å². The second-order valence-corrected chi connectivity index (χ2v) is 6.39. The molecule has 3 rings (SSSR count). The van der Waals surface area contributed by atoms with Gasteiger partial charge in [-0.05, 0) is 55.5 Å². The van der Waals surface area contributed by atoms with Crippen LogP contribution in [0.1, 0.15) is 55.7 Å². The van der Waals surface area contributed by atoms with Crippen molar-refractivity contribution in [1.29, 1.82) is 0 Å². The second kappa shape index (κ2) is 6.73. The number of hydrogen-bond donors (Lipinski definition) is 1. The Morgan fingerprint density at radius 2 is 2.25 bits per heavy atom. The van der Waals surface area contributed by atoms with Crippen LogP contribution in [0.5, 0.6) is 0 Å². The summed E-state index contributed by atoms with van der Waals surface area (Å²) in [7, 11) is 0. The highest BCUT2D eigenvalue weighted by atomic mass is 15.2. The first-order valence-corrected chi connectivity index (χ1v) is 8.43. The first kappa shape index (κ1) is 14.1. The van der Waals surface area contributed by atoms with Crippen LogP contribution in [0.2, 0.25) is 0 Å². The van der Waals surface area contributed by atoms with E-state index in [-0.39, 0.29) is 0 Å². The van der Waals surface area contributed by atoms with Gasteiger partial charge in [-0.15, -0.1) is 0 Å². The fraction of sp³-hybridized carbons (Fsp3) is 0.667. The molecule has 1 unspecified atom stereocenters. The fourth-order valence-electron chi connectivity index (χ4n) is 3.91. The second-order valence-electron chi connectivity index (χ2n) is 6.39. The predicted molar refractivity (Wildman–Crippen MR) is 84.8 cm³/mol. The highest BCUT2D eigenvalue weighted by molar-refractivity contribution is 5.37. The number of benzene rings is 1.